The molecule has 2 aromatic carbocycles. The Balaban J connectivity index is 2.02. The lowest BCUT2D eigenvalue weighted by molar-refractivity contribution is -0.158. The summed E-state index contributed by atoms with van der Waals surface area (Å²) in [5.41, 5.74) is 1.82. The normalized spacial score (nSPS) is 13.6. The number of benzene rings is 2. The smallest absolute Gasteiger partial charge is 0.304 e. The largest absolute Gasteiger partial charge is 0.490 e. The Hall–Kier alpha value is -2.53. The molecule has 2 aromatic rings. The molecule has 0 fully saturated rings. The Bertz CT molecular complexity index is 1060. The van der Waals surface area contributed by atoms with Crippen molar-refractivity contribution in [3.8, 4) is 11.5 Å². The van der Waals surface area contributed by atoms with Gasteiger partial charge in [0.1, 0.15) is 31.3 Å². The number of carbonyl (C=O) groups is 3. The molecule has 0 N–H and O–H groups in total. The quantitative estimate of drug-likeness (QED) is 0.127. The molecule has 0 saturated carbocycles. The van der Waals surface area contributed by atoms with Crippen molar-refractivity contribution >= 4 is 52.1 Å². The maximum atomic E-state index is 11.3. The second kappa shape index (κ2) is 13.9. The lowest BCUT2D eigenvalue weighted by Crippen LogP contribution is -2.36. The Morgan fingerprint density at radius 3 is 1.76 bits per heavy atom. The van der Waals surface area contributed by atoms with Crippen molar-refractivity contribution in [1.82, 2.24) is 0 Å². The van der Waals surface area contributed by atoms with Crippen molar-refractivity contribution in [1.29, 1.82) is 0 Å². The van der Waals surface area contributed by atoms with Gasteiger partial charge in [0.2, 0.25) is 3.61 Å². The first-order valence-electron chi connectivity index (χ1n) is 11.6. The van der Waals surface area contributed by atoms with Crippen LogP contribution >= 0.6 is 34.2 Å². The molecule has 2 rings (SSSR count). The Morgan fingerprint density at radius 1 is 0.811 bits per heavy atom. The standard InChI is InChI=1S/C27H32ClIO8/c1-18(30)33-14-25(36-19(2)31)15-34-23-10-6-21(7-11-23)26(4,5)22-8-12-24(13-9-22)35-17-27(29,16-28)37-20(3)32/h6-13,25H,14-17H2,1-5H3/t25-,27+/m1/s1. The van der Waals surface area contributed by atoms with Gasteiger partial charge < -0.3 is 23.7 Å². The number of hydrogen-bond acceptors (Lipinski definition) is 8. The fourth-order valence-electron chi connectivity index (χ4n) is 3.40. The van der Waals surface area contributed by atoms with E-state index >= 15 is 0 Å². The third-order valence-corrected chi connectivity index (χ3v) is 7.17. The van der Waals surface area contributed by atoms with Gasteiger partial charge in [-0.2, -0.15) is 0 Å². The van der Waals surface area contributed by atoms with Crippen LogP contribution in [0.25, 0.3) is 0 Å². The van der Waals surface area contributed by atoms with Gasteiger partial charge in [0.25, 0.3) is 0 Å². The topological polar surface area (TPSA) is 97.4 Å². The summed E-state index contributed by atoms with van der Waals surface area (Å²) in [5, 5.41) is 0. The van der Waals surface area contributed by atoms with E-state index in [0.29, 0.717) is 11.5 Å². The van der Waals surface area contributed by atoms with E-state index in [1.165, 1.54) is 20.8 Å². The summed E-state index contributed by atoms with van der Waals surface area (Å²) in [6.07, 6.45) is -0.700. The molecule has 0 heterocycles. The van der Waals surface area contributed by atoms with Crippen LogP contribution in [0.1, 0.15) is 45.7 Å². The second-order valence-electron chi connectivity index (χ2n) is 8.92. The van der Waals surface area contributed by atoms with Gasteiger partial charge in [0.15, 0.2) is 6.10 Å². The highest BCUT2D eigenvalue weighted by atomic mass is 127. The minimum Gasteiger partial charge on any atom is -0.490 e. The van der Waals surface area contributed by atoms with Crippen LogP contribution < -0.4 is 9.47 Å². The fraction of sp³-hybridized carbons (Fsp3) is 0.444. The summed E-state index contributed by atoms with van der Waals surface area (Å²) in [7, 11) is 0. The van der Waals surface area contributed by atoms with Gasteiger partial charge in [-0.3, -0.25) is 14.4 Å². The zero-order valence-electron chi connectivity index (χ0n) is 21.5. The Morgan fingerprint density at radius 2 is 1.32 bits per heavy atom. The number of alkyl halides is 2. The monoisotopic (exact) mass is 646 g/mol. The van der Waals surface area contributed by atoms with E-state index < -0.39 is 27.6 Å². The summed E-state index contributed by atoms with van der Waals surface area (Å²) in [6.45, 7) is 8.23. The van der Waals surface area contributed by atoms with Gasteiger partial charge in [-0.25, -0.2) is 0 Å². The van der Waals surface area contributed by atoms with Gasteiger partial charge in [-0.05, 0) is 58.0 Å². The number of halogens is 2. The molecule has 0 spiro atoms. The molecule has 10 heteroatoms. The predicted molar refractivity (Wildman–Crippen MR) is 147 cm³/mol. The van der Waals surface area contributed by atoms with Crippen molar-refractivity contribution < 1.29 is 38.1 Å². The number of carbonyl (C=O) groups excluding carboxylic acids is 3. The van der Waals surface area contributed by atoms with E-state index in [1.54, 1.807) is 0 Å². The van der Waals surface area contributed by atoms with Crippen LogP contribution in [0.5, 0.6) is 11.5 Å². The van der Waals surface area contributed by atoms with Crippen molar-refractivity contribution in [2.75, 3.05) is 25.7 Å². The van der Waals surface area contributed by atoms with Crippen molar-refractivity contribution in [3.05, 3.63) is 59.7 Å². The highest BCUT2D eigenvalue weighted by Crippen LogP contribution is 2.34. The third kappa shape index (κ3) is 10.0. The minimum atomic E-state index is -0.939. The maximum absolute atomic E-state index is 11.3. The molecule has 0 aliphatic carbocycles. The molecule has 0 unspecified atom stereocenters. The summed E-state index contributed by atoms with van der Waals surface area (Å²) >= 11 is 7.93. The number of ether oxygens (including phenoxy) is 5. The first-order valence-corrected chi connectivity index (χ1v) is 13.2. The van der Waals surface area contributed by atoms with Crippen LogP contribution in [0.3, 0.4) is 0 Å². The van der Waals surface area contributed by atoms with Crippen molar-refractivity contribution in [3.63, 3.8) is 0 Å². The molecule has 202 valence electrons. The van der Waals surface area contributed by atoms with E-state index in [1.807, 2.05) is 71.1 Å². The molecule has 0 aliphatic heterocycles. The Labute approximate surface area is 236 Å². The number of esters is 3. The van der Waals surface area contributed by atoms with E-state index in [4.69, 9.17) is 35.3 Å². The average molecular weight is 647 g/mol. The number of rotatable bonds is 13. The van der Waals surface area contributed by atoms with Crippen molar-refractivity contribution in [2.24, 2.45) is 0 Å². The molecule has 0 amide bonds. The predicted octanol–water partition coefficient (Wildman–Crippen LogP) is 5.20. The number of hydrogen-bond donors (Lipinski definition) is 0. The molecule has 8 nitrogen and oxygen atoms in total. The molecule has 0 saturated heterocycles. The third-order valence-electron chi connectivity index (χ3n) is 5.37. The first kappa shape index (κ1) is 30.7. The molecular formula is C27H32ClIO8. The van der Waals surface area contributed by atoms with E-state index in [2.05, 4.69) is 13.8 Å². The van der Waals surface area contributed by atoms with Gasteiger partial charge >= 0.3 is 17.9 Å². The lowest BCUT2D eigenvalue weighted by Gasteiger charge is -2.27. The molecule has 0 aliphatic rings. The molecule has 0 bridgehead atoms. The minimum absolute atomic E-state index is 0.0523. The Kier molecular flexibility index (Phi) is 11.5. The van der Waals surface area contributed by atoms with Crippen LogP contribution in [-0.4, -0.2) is 53.3 Å². The summed E-state index contributed by atoms with van der Waals surface area (Å²) in [6, 6.07) is 15.3. The van der Waals surface area contributed by atoms with Crippen LogP contribution in [0.2, 0.25) is 0 Å². The lowest BCUT2D eigenvalue weighted by atomic mass is 9.78. The van der Waals surface area contributed by atoms with Crippen LogP contribution in [-0.2, 0) is 34.0 Å². The molecule has 0 aromatic heterocycles. The molecule has 0 radical (unpaired) electrons. The zero-order valence-corrected chi connectivity index (χ0v) is 24.5. The first-order chi connectivity index (χ1) is 17.3. The van der Waals surface area contributed by atoms with Gasteiger partial charge in [0.05, 0.1) is 5.88 Å². The molecule has 37 heavy (non-hydrogen) atoms. The van der Waals surface area contributed by atoms with Crippen LogP contribution in [0, 0.1) is 0 Å². The van der Waals surface area contributed by atoms with Gasteiger partial charge in [-0.1, -0.05) is 38.1 Å². The SMILES string of the molecule is CC(=O)OC[C@H](COc1ccc(C(C)(C)c2ccc(OC[C@](I)(CCl)OC(C)=O)cc2)cc1)OC(C)=O. The van der Waals surface area contributed by atoms with Crippen molar-refractivity contribution in [2.45, 2.75) is 49.7 Å². The van der Waals surface area contributed by atoms with Crippen LogP contribution in [0.15, 0.2) is 48.5 Å². The maximum Gasteiger partial charge on any atom is 0.304 e. The second-order valence-corrected chi connectivity index (χ2v) is 11.2. The summed E-state index contributed by atoms with van der Waals surface area (Å²) in [4.78, 5) is 33.7. The van der Waals surface area contributed by atoms with Gasteiger partial charge in [-0.15, -0.1) is 11.6 Å². The van der Waals surface area contributed by atoms with Gasteiger partial charge in [0, 0.05) is 26.2 Å². The summed E-state index contributed by atoms with van der Waals surface area (Å²) in [5.74, 6) is -0.0205. The highest BCUT2D eigenvalue weighted by molar-refractivity contribution is 14.1. The van der Waals surface area contributed by atoms with E-state index in [0.717, 1.165) is 11.1 Å². The summed E-state index contributed by atoms with van der Waals surface area (Å²) < 4.78 is 26.0. The average Bonchev–Trinajstić information content (AvgIpc) is 2.84. The molecule has 2 atom stereocenters. The van der Waals surface area contributed by atoms with Crippen LogP contribution in [0.4, 0.5) is 0 Å². The highest BCUT2D eigenvalue weighted by Gasteiger charge is 2.30. The van der Waals surface area contributed by atoms with E-state index in [9.17, 15) is 14.4 Å². The molecular weight excluding hydrogens is 615 g/mol. The zero-order chi connectivity index (χ0) is 27.6. The fourth-order valence-corrected chi connectivity index (χ4v) is 3.99. The van der Waals surface area contributed by atoms with E-state index in [-0.39, 0.29) is 31.1 Å².